The van der Waals surface area contributed by atoms with Gasteiger partial charge in [-0.2, -0.15) is 13.2 Å². The SMILES string of the molecule is O=C(Nc1ccc(C(F)(F)F)cc1)c1cc(Br)cnc1NCc1cccnc1. The lowest BCUT2D eigenvalue weighted by atomic mass is 10.2. The number of hydrogen-bond donors (Lipinski definition) is 2. The molecule has 0 bridgehead atoms. The second kappa shape index (κ2) is 8.39. The Bertz CT molecular complexity index is 963. The van der Waals surface area contributed by atoms with Crippen LogP contribution in [0.2, 0.25) is 0 Å². The van der Waals surface area contributed by atoms with Gasteiger partial charge in [-0.1, -0.05) is 6.07 Å². The Kier molecular flexibility index (Phi) is 5.93. The molecule has 9 heteroatoms. The number of aromatic nitrogens is 2. The molecule has 2 aromatic heterocycles. The molecule has 0 spiro atoms. The minimum atomic E-state index is -4.43. The van der Waals surface area contributed by atoms with Gasteiger partial charge >= 0.3 is 6.18 Å². The van der Waals surface area contributed by atoms with Crippen LogP contribution in [0.5, 0.6) is 0 Å². The van der Waals surface area contributed by atoms with E-state index in [-0.39, 0.29) is 11.3 Å². The molecule has 1 aromatic carbocycles. The van der Waals surface area contributed by atoms with Crippen molar-refractivity contribution in [1.29, 1.82) is 0 Å². The monoisotopic (exact) mass is 450 g/mol. The Morgan fingerprint density at radius 1 is 1.11 bits per heavy atom. The molecule has 0 fully saturated rings. The predicted octanol–water partition coefficient (Wildman–Crippen LogP) is 5.12. The highest BCUT2D eigenvalue weighted by atomic mass is 79.9. The molecular formula is C19H14BrF3N4O. The van der Waals surface area contributed by atoms with E-state index in [4.69, 9.17) is 0 Å². The zero-order valence-corrected chi connectivity index (χ0v) is 15.9. The summed E-state index contributed by atoms with van der Waals surface area (Å²) in [5.74, 6) is -0.154. The summed E-state index contributed by atoms with van der Waals surface area (Å²) in [4.78, 5) is 20.9. The number of carbonyl (C=O) groups excluding carboxylic acids is 1. The van der Waals surface area contributed by atoms with E-state index in [9.17, 15) is 18.0 Å². The molecule has 1 amide bonds. The topological polar surface area (TPSA) is 66.9 Å². The van der Waals surface area contributed by atoms with Crippen molar-refractivity contribution in [3.63, 3.8) is 0 Å². The second-order valence-corrected chi connectivity index (χ2v) is 6.71. The number of anilines is 2. The van der Waals surface area contributed by atoms with Gasteiger partial charge in [0.25, 0.3) is 5.91 Å². The first-order valence-corrected chi connectivity index (χ1v) is 8.89. The van der Waals surface area contributed by atoms with Crippen LogP contribution in [-0.4, -0.2) is 15.9 Å². The van der Waals surface area contributed by atoms with E-state index in [1.165, 1.54) is 12.1 Å². The van der Waals surface area contributed by atoms with E-state index in [2.05, 4.69) is 36.5 Å². The molecule has 28 heavy (non-hydrogen) atoms. The number of alkyl halides is 3. The summed E-state index contributed by atoms with van der Waals surface area (Å²) in [6, 6.07) is 9.49. The molecule has 0 aliphatic heterocycles. The normalized spacial score (nSPS) is 11.1. The summed E-state index contributed by atoms with van der Waals surface area (Å²) in [6.07, 6.45) is 0.457. The van der Waals surface area contributed by atoms with Gasteiger partial charge in [-0.3, -0.25) is 9.78 Å². The van der Waals surface area contributed by atoms with Crippen LogP contribution in [0.1, 0.15) is 21.5 Å². The molecule has 0 aliphatic carbocycles. The van der Waals surface area contributed by atoms with Gasteiger partial charge in [-0.15, -0.1) is 0 Å². The molecule has 0 saturated carbocycles. The number of carbonyl (C=O) groups is 1. The highest BCUT2D eigenvalue weighted by Crippen LogP contribution is 2.30. The number of pyridine rings is 2. The Morgan fingerprint density at radius 2 is 1.86 bits per heavy atom. The van der Waals surface area contributed by atoms with Crippen molar-refractivity contribution in [2.24, 2.45) is 0 Å². The highest BCUT2D eigenvalue weighted by Gasteiger charge is 2.30. The van der Waals surface area contributed by atoms with Crippen LogP contribution in [0.25, 0.3) is 0 Å². The van der Waals surface area contributed by atoms with Crippen LogP contribution in [0.4, 0.5) is 24.7 Å². The lowest BCUT2D eigenvalue weighted by Gasteiger charge is -2.12. The van der Waals surface area contributed by atoms with Crippen molar-refractivity contribution < 1.29 is 18.0 Å². The van der Waals surface area contributed by atoms with E-state index in [0.29, 0.717) is 16.8 Å². The highest BCUT2D eigenvalue weighted by molar-refractivity contribution is 9.10. The Balaban J connectivity index is 1.76. The van der Waals surface area contributed by atoms with Crippen molar-refractivity contribution in [3.05, 3.63) is 82.2 Å². The van der Waals surface area contributed by atoms with E-state index < -0.39 is 17.6 Å². The molecule has 144 valence electrons. The number of benzene rings is 1. The van der Waals surface area contributed by atoms with Crippen LogP contribution in [0, 0.1) is 0 Å². The standard InChI is InChI=1S/C19H14BrF3N4O/c20-14-8-16(17(26-11-14)25-10-12-2-1-7-24-9-12)18(28)27-15-5-3-13(4-6-15)19(21,22)23/h1-9,11H,10H2,(H,25,26)(H,27,28). The van der Waals surface area contributed by atoms with Gasteiger partial charge in [0, 0.05) is 35.3 Å². The molecular weight excluding hydrogens is 437 g/mol. The molecule has 2 heterocycles. The average molecular weight is 451 g/mol. The van der Waals surface area contributed by atoms with E-state index in [1.807, 2.05) is 6.07 Å². The maximum Gasteiger partial charge on any atom is 0.416 e. The first kappa shape index (κ1) is 19.8. The van der Waals surface area contributed by atoms with E-state index in [1.54, 1.807) is 30.7 Å². The third-order valence-corrected chi connectivity index (χ3v) is 4.19. The van der Waals surface area contributed by atoms with Crippen LogP contribution in [-0.2, 0) is 12.7 Å². The molecule has 0 unspecified atom stereocenters. The summed E-state index contributed by atoms with van der Waals surface area (Å²) in [7, 11) is 0. The largest absolute Gasteiger partial charge is 0.416 e. The van der Waals surface area contributed by atoms with Crippen molar-refractivity contribution >= 4 is 33.3 Å². The molecule has 5 nitrogen and oxygen atoms in total. The number of amides is 1. The predicted molar refractivity (Wildman–Crippen MR) is 103 cm³/mol. The minimum absolute atomic E-state index is 0.246. The van der Waals surface area contributed by atoms with Gasteiger partial charge in [0.2, 0.25) is 0 Å². The second-order valence-electron chi connectivity index (χ2n) is 5.79. The van der Waals surface area contributed by atoms with Crippen LogP contribution < -0.4 is 10.6 Å². The summed E-state index contributed by atoms with van der Waals surface area (Å²) < 4.78 is 38.6. The lowest BCUT2D eigenvalue weighted by Crippen LogP contribution is -2.16. The molecule has 3 rings (SSSR count). The molecule has 2 N–H and O–H groups in total. The van der Waals surface area contributed by atoms with Crippen molar-refractivity contribution in [2.45, 2.75) is 12.7 Å². The first-order chi connectivity index (χ1) is 13.3. The fourth-order valence-electron chi connectivity index (χ4n) is 2.38. The maximum absolute atomic E-state index is 12.7. The van der Waals surface area contributed by atoms with Gasteiger partial charge in [-0.05, 0) is 57.9 Å². The van der Waals surface area contributed by atoms with E-state index >= 15 is 0 Å². The van der Waals surface area contributed by atoms with Crippen molar-refractivity contribution in [2.75, 3.05) is 10.6 Å². The number of rotatable bonds is 5. The van der Waals surface area contributed by atoms with Crippen molar-refractivity contribution in [1.82, 2.24) is 9.97 Å². The molecule has 0 radical (unpaired) electrons. The Hall–Kier alpha value is -2.94. The minimum Gasteiger partial charge on any atom is -0.365 e. The quantitative estimate of drug-likeness (QED) is 0.565. The molecule has 0 aliphatic rings. The van der Waals surface area contributed by atoms with Crippen molar-refractivity contribution in [3.8, 4) is 0 Å². The van der Waals surface area contributed by atoms with Gasteiger partial charge in [0.15, 0.2) is 0 Å². The third-order valence-electron chi connectivity index (χ3n) is 3.75. The maximum atomic E-state index is 12.7. The zero-order chi connectivity index (χ0) is 20.1. The number of halogens is 4. The fraction of sp³-hybridized carbons (Fsp3) is 0.105. The lowest BCUT2D eigenvalue weighted by molar-refractivity contribution is -0.137. The molecule has 0 atom stereocenters. The third kappa shape index (κ3) is 5.07. The van der Waals surface area contributed by atoms with Crippen LogP contribution >= 0.6 is 15.9 Å². The number of nitrogens with zero attached hydrogens (tertiary/aromatic N) is 2. The van der Waals surface area contributed by atoms with Gasteiger partial charge in [-0.25, -0.2) is 4.98 Å². The first-order valence-electron chi connectivity index (χ1n) is 8.10. The zero-order valence-electron chi connectivity index (χ0n) is 14.3. The van der Waals surface area contributed by atoms with Gasteiger partial charge in [0.1, 0.15) is 5.82 Å². The molecule has 0 saturated heterocycles. The number of hydrogen-bond acceptors (Lipinski definition) is 4. The fourth-order valence-corrected chi connectivity index (χ4v) is 2.71. The molecule has 3 aromatic rings. The van der Waals surface area contributed by atoms with Gasteiger partial charge < -0.3 is 10.6 Å². The van der Waals surface area contributed by atoms with E-state index in [0.717, 1.165) is 17.7 Å². The summed E-state index contributed by atoms with van der Waals surface area (Å²) in [5, 5.41) is 5.65. The summed E-state index contributed by atoms with van der Waals surface area (Å²) in [5.41, 5.74) is 0.615. The average Bonchev–Trinajstić information content (AvgIpc) is 2.67. The smallest absolute Gasteiger partial charge is 0.365 e. The van der Waals surface area contributed by atoms with Crippen LogP contribution in [0.3, 0.4) is 0 Å². The van der Waals surface area contributed by atoms with Crippen LogP contribution in [0.15, 0.2) is 65.5 Å². The Labute approximate surface area is 167 Å². The number of nitrogens with one attached hydrogen (secondary N) is 2. The van der Waals surface area contributed by atoms with Gasteiger partial charge in [0.05, 0.1) is 11.1 Å². The summed E-state index contributed by atoms with van der Waals surface area (Å²) >= 11 is 3.27. The Morgan fingerprint density at radius 3 is 2.50 bits per heavy atom. The summed E-state index contributed by atoms with van der Waals surface area (Å²) in [6.45, 7) is 0.406.